The van der Waals surface area contributed by atoms with Gasteiger partial charge >= 0.3 is 0 Å². The molecule has 0 unspecified atom stereocenters. The van der Waals surface area contributed by atoms with Crippen molar-refractivity contribution in [3.05, 3.63) is 59.5 Å². The predicted octanol–water partition coefficient (Wildman–Crippen LogP) is 2.62. The topological polar surface area (TPSA) is 106 Å². The Labute approximate surface area is 183 Å². The van der Waals surface area contributed by atoms with E-state index in [0.29, 0.717) is 41.4 Å². The van der Waals surface area contributed by atoms with Crippen molar-refractivity contribution in [3.63, 3.8) is 0 Å². The lowest BCUT2D eigenvalue weighted by Crippen LogP contribution is -2.20. The third kappa shape index (κ3) is 3.34. The smallest absolute Gasteiger partial charge is 0.267 e. The molecule has 0 aliphatic rings. The zero-order chi connectivity index (χ0) is 22.2. The molecule has 0 spiro atoms. The van der Waals surface area contributed by atoms with Gasteiger partial charge in [-0.05, 0) is 38.1 Å². The first kappa shape index (κ1) is 20.0. The lowest BCUT2D eigenvalue weighted by Gasteiger charge is -2.11. The minimum absolute atomic E-state index is 0.181. The summed E-state index contributed by atoms with van der Waals surface area (Å²) >= 11 is 0. The Morgan fingerprint density at radius 3 is 2.84 bits per heavy atom. The van der Waals surface area contributed by atoms with Crippen molar-refractivity contribution in [2.24, 2.45) is 0 Å². The third-order valence-electron chi connectivity index (χ3n) is 5.37. The SMILES string of the molecule is COCCn1ncc2cc3ncn(-c4cccc(-c5nncn5C(C)C)n4)c(=O)c3cc21. The van der Waals surface area contributed by atoms with Crippen molar-refractivity contribution in [1.82, 2.24) is 39.1 Å². The Morgan fingerprint density at radius 1 is 1.16 bits per heavy atom. The van der Waals surface area contributed by atoms with E-state index in [1.54, 1.807) is 25.7 Å². The number of nitrogens with zero attached hydrogens (tertiary/aromatic N) is 8. The summed E-state index contributed by atoms with van der Waals surface area (Å²) < 4.78 is 10.4. The molecule has 162 valence electrons. The van der Waals surface area contributed by atoms with Gasteiger partial charge in [-0.3, -0.25) is 14.0 Å². The van der Waals surface area contributed by atoms with Gasteiger partial charge in [0.1, 0.15) is 24.2 Å². The maximum atomic E-state index is 13.4. The van der Waals surface area contributed by atoms with Crippen molar-refractivity contribution in [2.75, 3.05) is 13.7 Å². The molecule has 0 radical (unpaired) electrons. The summed E-state index contributed by atoms with van der Waals surface area (Å²) in [6.07, 6.45) is 4.95. The Morgan fingerprint density at radius 2 is 2.03 bits per heavy atom. The molecule has 5 aromatic rings. The van der Waals surface area contributed by atoms with Gasteiger partial charge in [0.05, 0.1) is 35.8 Å². The van der Waals surface area contributed by atoms with Gasteiger partial charge in [-0.25, -0.2) is 9.97 Å². The van der Waals surface area contributed by atoms with Gasteiger partial charge in [0.2, 0.25) is 0 Å². The molecule has 0 bridgehead atoms. The Kier molecular flexibility index (Phi) is 4.98. The highest BCUT2D eigenvalue weighted by Crippen LogP contribution is 2.21. The first-order valence-electron chi connectivity index (χ1n) is 10.3. The molecular formula is C22H22N8O2. The number of benzene rings is 1. The molecule has 1 aromatic carbocycles. The first-order valence-corrected chi connectivity index (χ1v) is 10.3. The van der Waals surface area contributed by atoms with Gasteiger partial charge < -0.3 is 9.30 Å². The molecule has 5 rings (SSSR count). The molecule has 0 aliphatic carbocycles. The van der Waals surface area contributed by atoms with Crippen LogP contribution in [0.25, 0.3) is 39.1 Å². The van der Waals surface area contributed by atoms with E-state index >= 15 is 0 Å². The number of fused-ring (bicyclic) bond motifs is 2. The van der Waals surface area contributed by atoms with Crippen molar-refractivity contribution in [3.8, 4) is 17.3 Å². The molecule has 10 heteroatoms. The minimum atomic E-state index is -0.202. The first-order chi connectivity index (χ1) is 15.6. The maximum Gasteiger partial charge on any atom is 0.267 e. The number of pyridine rings is 1. The van der Waals surface area contributed by atoms with Crippen LogP contribution in [0.1, 0.15) is 19.9 Å². The van der Waals surface area contributed by atoms with Gasteiger partial charge in [0.25, 0.3) is 5.56 Å². The highest BCUT2D eigenvalue weighted by Gasteiger charge is 2.14. The van der Waals surface area contributed by atoms with E-state index in [0.717, 1.165) is 10.9 Å². The van der Waals surface area contributed by atoms with Crippen LogP contribution in [0.5, 0.6) is 0 Å². The summed E-state index contributed by atoms with van der Waals surface area (Å²) in [5.74, 6) is 1.11. The van der Waals surface area contributed by atoms with Gasteiger partial charge in [0.15, 0.2) is 5.82 Å². The fraction of sp³-hybridized carbons (Fsp3) is 0.273. The number of aromatic nitrogens is 8. The van der Waals surface area contributed by atoms with Gasteiger partial charge in [-0.1, -0.05) is 6.07 Å². The van der Waals surface area contributed by atoms with E-state index in [4.69, 9.17) is 4.74 Å². The van der Waals surface area contributed by atoms with Gasteiger partial charge in [0, 0.05) is 18.5 Å². The molecular weight excluding hydrogens is 408 g/mol. The van der Waals surface area contributed by atoms with Crippen molar-refractivity contribution in [1.29, 1.82) is 0 Å². The molecule has 0 aliphatic heterocycles. The Hall–Kier alpha value is -3.92. The van der Waals surface area contributed by atoms with Crippen molar-refractivity contribution in [2.45, 2.75) is 26.4 Å². The van der Waals surface area contributed by atoms with Crippen LogP contribution in [0.2, 0.25) is 0 Å². The molecule has 0 N–H and O–H groups in total. The zero-order valence-corrected chi connectivity index (χ0v) is 18.0. The van der Waals surface area contributed by atoms with E-state index in [1.807, 2.05) is 47.4 Å². The number of ether oxygens (including phenoxy) is 1. The summed E-state index contributed by atoms with van der Waals surface area (Å²) in [6.45, 7) is 5.23. The summed E-state index contributed by atoms with van der Waals surface area (Å²) in [4.78, 5) is 22.6. The number of hydrogen-bond donors (Lipinski definition) is 0. The normalized spacial score (nSPS) is 11.8. The number of hydrogen-bond acceptors (Lipinski definition) is 7. The van der Waals surface area contributed by atoms with Crippen LogP contribution >= 0.6 is 0 Å². The van der Waals surface area contributed by atoms with Crippen LogP contribution in [0.3, 0.4) is 0 Å². The van der Waals surface area contributed by atoms with Crippen LogP contribution in [-0.4, -0.2) is 52.8 Å². The molecule has 0 atom stereocenters. The lowest BCUT2D eigenvalue weighted by molar-refractivity contribution is 0.185. The molecule has 0 saturated heterocycles. The quantitative estimate of drug-likeness (QED) is 0.408. The van der Waals surface area contributed by atoms with Crippen molar-refractivity contribution < 1.29 is 4.74 Å². The maximum absolute atomic E-state index is 13.4. The predicted molar refractivity (Wildman–Crippen MR) is 120 cm³/mol. The lowest BCUT2D eigenvalue weighted by atomic mass is 10.2. The second kappa shape index (κ2) is 7.97. The van der Waals surface area contributed by atoms with E-state index in [1.165, 1.54) is 10.9 Å². The Balaban J connectivity index is 1.63. The van der Waals surface area contributed by atoms with Crippen molar-refractivity contribution >= 4 is 21.8 Å². The van der Waals surface area contributed by atoms with Crippen LogP contribution in [0, 0.1) is 0 Å². The molecule has 4 heterocycles. The zero-order valence-electron chi connectivity index (χ0n) is 18.0. The van der Waals surface area contributed by atoms with Gasteiger partial charge in [-0.15, -0.1) is 10.2 Å². The van der Waals surface area contributed by atoms with Gasteiger partial charge in [-0.2, -0.15) is 5.10 Å². The standard InChI is InChI=1S/C22H22N8O2/c1-14(2)28-13-24-27-21(28)17-5-4-6-20(26-17)29-12-23-18-9-15-11-25-30(7-8-32-3)19(15)10-16(18)22(29)31/h4-6,9-14H,7-8H2,1-3H3. The fourth-order valence-electron chi connectivity index (χ4n) is 3.70. The van der Waals surface area contributed by atoms with E-state index in [2.05, 4.69) is 25.3 Å². The Bertz CT molecular complexity index is 1480. The minimum Gasteiger partial charge on any atom is -0.383 e. The highest BCUT2D eigenvalue weighted by atomic mass is 16.5. The average Bonchev–Trinajstić information content (AvgIpc) is 3.44. The van der Waals surface area contributed by atoms with Crippen LogP contribution in [0.4, 0.5) is 0 Å². The average molecular weight is 430 g/mol. The summed E-state index contributed by atoms with van der Waals surface area (Å²) in [7, 11) is 1.65. The fourth-order valence-corrected chi connectivity index (χ4v) is 3.70. The monoisotopic (exact) mass is 430 g/mol. The summed E-state index contributed by atoms with van der Waals surface area (Å²) in [6, 6.07) is 9.36. The number of rotatable bonds is 6. The third-order valence-corrected chi connectivity index (χ3v) is 5.37. The van der Waals surface area contributed by atoms with Crippen LogP contribution in [-0.2, 0) is 11.3 Å². The molecule has 0 saturated carbocycles. The van der Waals surface area contributed by atoms with E-state index < -0.39 is 0 Å². The highest BCUT2D eigenvalue weighted by molar-refractivity contribution is 5.94. The molecule has 0 amide bonds. The summed E-state index contributed by atoms with van der Waals surface area (Å²) in [5, 5.41) is 14.0. The molecule has 0 fully saturated rings. The second-order valence-corrected chi connectivity index (χ2v) is 7.74. The second-order valence-electron chi connectivity index (χ2n) is 7.74. The van der Waals surface area contributed by atoms with E-state index in [-0.39, 0.29) is 11.6 Å². The van der Waals surface area contributed by atoms with E-state index in [9.17, 15) is 4.79 Å². The number of methoxy groups -OCH3 is 1. The molecule has 10 nitrogen and oxygen atoms in total. The largest absolute Gasteiger partial charge is 0.383 e. The molecule has 4 aromatic heterocycles. The van der Waals surface area contributed by atoms with Crippen LogP contribution < -0.4 is 5.56 Å². The van der Waals surface area contributed by atoms with Crippen LogP contribution in [0.15, 0.2) is 54.0 Å². The summed E-state index contributed by atoms with van der Waals surface area (Å²) in [5.41, 5.74) is 1.90. The molecule has 32 heavy (non-hydrogen) atoms.